The molecule has 26 heavy (non-hydrogen) atoms. The first-order valence-electron chi connectivity index (χ1n) is 8.08. The van der Waals surface area contributed by atoms with Crippen LogP contribution >= 0.6 is 11.6 Å². The number of amides is 1. The Morgan fingerprint density at radius 3 is 2.81 bits per heavy atom. The van der Waals surface area contributed by atoms with Gasteiger partial charge in [-0.05, 0) is 30.3 Å². The van der Waals surface area contributed by atoms with E-state index in [9.17, 15) is 14.3 Å². The molecular weight excluding hydrogens is 359 g/mol. The van der Waals surface area contributed by atoms with E-state index in [-0.39, 0.29) is 25.6 Å². The molecule has 1 aliphatic heterocycles. The molecule has 0 saturated carbocycles. The molecule has 0 bridgehead atoms. The third-order valence-electron chi connectivity index (χ3n) is 4.06. The van der Waals surface area contributed by atoms with Gasteiger partial charge in [0.2, 0.25) is 5.91 Å². The van der Waals surface area contributed by atoms with E-state index in [0.29, 0.717) is 27.5 Å². The Kier molecular flexibility index (Phi) is 5.66. The van der Waals surface area contributed by atoms with Crippen LogP contribution in [-0.4, -0.2) is 49.6 Å². The summed E-state index contributed by atoms with van der Waals surface area (Å²) >= 11 is 6.14. The van der Waals surface area contributed by atoms with Crippen molar-refractivity contribution in [2.75, 3.05) is 31.7 Å². The second-order valence-corrected chi connectivity index (χ2v) is 6.36. The minimum atomic E-state index is -0.859. The van der Waals surface area contributed by atoms with Gasteiger partial charge in [-0.15, -0.1) is 0 Å². The highest BCUT2D eigenvalue weighted by atomic mass is 35.5. The molecule has 1 atom stereocenters. The van der Waals surface area contributed by atoms with Crippen molar-refractivity contribution in [3.05, 3.63) is 64.4 Å². The number of carbonyl (C=O) groups excluding carboxylic acids is 1. The maximum absolute atomic E-state index is 14.3. The van der Waals surface area contributed by atoms with Crippen molar-refractivity contribution < 1.29 is 19.0 Å². The van der Waals surface area contributed by atoms with E-state index in [1.165, 1.54) is 18.1 Å². The van der Waals surface area contributed by atoms with Crippen molar-refractivity contribution in [3.8, 4) is 0 Å². The number of aliphatic hydroxyl groups excluding tert-OH is 1. The molecule has 0 aliphatic carbocycles. The summed E-state index contributed by atoms with van der Waals surface area (Å²) < 4.78 is 19.3. The second kappa shape index (κ2) is 7.95. The van der Waals surface area contributed by atoms with Crippen LogP contribution < -0.4 is 4.90 Å². The van der Waals surface area contributed by atoms with Crippen LogP contribution in [0.25, 0.3) is 0 Å². The molecule has 1 heterocycles. The number of nitrogens with zero attached hydrogens (tertiary/aromatic N) is 2. The number of carbonyl (C=O) groups is 1. The standard InChI is InChI=1S/C19H18ClFN2O3/c1-26-11-13(24)10-23-17-7-6-12(20)8-15(17)19(22-9-18(23)25)14-4-2-3-5-16(14)21/h2-8,13,24H,9-11H2,1H3. The van der Waals surface area contributed by atoms with E-state index in [2.05, 4.69) is 4.99 Å². The average molecular weight is 377 g/mol. The fourth-order valence-corrected chi connectivity index (χ4v) is 3.10. The minimum absolute atomic E-state index is 0.0430. The van der Waals surface area contributed by atoms with Crippen LogP contribution in [0.3, 0.4) is 0 Å². The Labute approximate surface area is 155 Å². The number of halogens is 2. The first-order chi connectivity index (χ1) is 12.5. The number of benzene rings is 2. The smallest absolute Gasteiger partial charge is 0.248 e. The number of rotatable bonds is 5. The van der Waals surface area contributed by atoms with Crippen LogP contribution in [0.15, 0.2) is 47.5 Å². The van der Waals surface area contributed by atoms with Crippen molar-refractivity contribution in [1.82, 2.24) is 0 Å². The fraction of sp³-hybridized carbons (Fsp3) is 0.263. The Balaban J connectivity index is 2.10. The summed E-state index contributed by atoms with van der Waals surface area (Å²) in [6, 6.07) is 11.2. The Morgan fingerprint density at radius 2 is 2.08 bits per heavy atom. The summed E-state index contributed by atoms with van der Waals surface area (Å²) in [6.07, 6.45) is -0.859. The number of hydrogen-bond donors (Lipinski definition) is 1. The molecule has 0 fully saturated rings. The largest absolute Gasteiger partial charge is 0.389 e. The van der Waals surface area contributed by atoms with Gasteiger partial charge in [0.1, 0.15) is 12.4 Å². The number of benzodiazepines with no additional fused rings is 1. The van der Waals surface area contributed by atoms with Gasteiger partial charge in [0.05, 0.1) is 30.7 Å². The van der Waals surface area contributed by atoms with Gasteiger partial charge in [-0.25, -0.2) is 4.39 Å². The van der Waals surface area contributed by atoms with Crippen LogP contribution in [0, 0.1) is 5.82 Å². The van der Waals surface area contributed by atoms with E-state index in [0.717, 1.165) is 0 Å². The summed E-state index contributed by atoms with van der Waals surface area (Å²) in [6.45, 7) is -0.0230. The number of ether oxygens (including phenoxy) is 1. The molecule has 0 spiro atoms. The van der Waals surface area contributed by atoms with E-state index in [4.69, 9.17) is 16.3 Å². The van der Waals surface area contributed by atoms with Crippen LogP contribution in [0.5, 0.6) is 0 Å². The molecule has 1 unspecified atom stereocenters. The molecule has 0 saturated heterocycles. The molecule has 5 nitrogen and oxygen atoms in total. The van der Waals surface area contributed by atoms with Crippen LogP contribution in [0.2, 0.25) is 5.02 Å². The number of aliphatic imine (C=N–C) groups is 1. The molecule has 0 aromatic heterocycles. The summed E-state index contributed by atoms with van der Waals surface area (Å²) in [5, 5.41) is 10.5. The lowest BCUT2D eigenvalue weighted by Crippen LogP contribution is -2.40. The quantitative estimate of drug-likeness (QED) is 0.872. The number of methoxy groups -OCH3 is 1. The molecule has 2 aromatic carbocycles. The van der Waals surface area contributed by atoms with Gasteiger partial charge < -0.3 is 14.7 Å². The molecular formula is C19H18ClFN2O3. The predicted molar refractivity (Wildman–Crippen MR) is 98.6 cm³/mol. The zero-order valence-electron chi connectivity index (χ0n) is 14.2. The molecule has 3 rings (SSSR count). The van der Waals surface area contributed by atoms with Gasteiger partial charge in [0.25, 0.3) is 0 Å². The second-order valence-electron chi connectivity index (χ2n) is 5.92. The van der Waals surface area contributed by atoms with E-state index in [1.54, 1.807) is 36.4 Å². The zero-order chi connectivity index (χ0) is 18.7. The van der Waals surface area contributed by atoms with Crippen molar-refractivity contribution in [2.45, 2.75) is 6.10 Å². The van der Waals surface area contributed by atoms with Gasteiger partial charge in [-0.2, -0.15) is 0 Å². The Hall–Kier alpha value is -2.28. The van der Waals surface area contributed by atoms with Crippen molar-refractivity contribution in [2.24, 2.45) is 4.99 Å². The Morgan fingerprint density at radius 1 is 1.31 bits per heavy atom. The highest BCUT2D eigenvalue weighted by Crippen LogP contribution is 2.30. The van der Waals surface area contributed by atoms with Crippen LogP contribution in [-0.2, 0) is 9.53 Å². The van der Waals surface area contributed by atoms with Crippen molar-refractivity contribution >= 4 is 28.9 Å². The maximum atomic E-state index is 14.3. The molecule has 0 radical (unpaired) electrons. The molecule has 7 heteroatoms. The number of anilines is 1. The number of β-amino-alcohol motifs (C(OH)–C–C–N with tert-alkyl or cyclic N) is 1. The molecule has 1 amide bonds. The summed E-state index contributed by atoms with van der Waals surface area (Å²) in [5.41, 5.74) is 1.72. The summed E-state index contributed by atoms with van der Waals surface area (Å²) in [5.74, 6) is -0.729. The highest BCUT2D eigenvalue weighted by molar-refractivity contribution is 6.32. The average Bonchev–Trinajstić information content (AvgIpc) is 2.73. The SMILES string of the molecule is COCC(O)CN1C(=O)CN=C(c2ccccc2F)c2cc(Cl)ccc21. The lowest BCUT2D eigenvalue weighted by Gasteiger charge is -2.25. The van der Waals surface area contributed by atoms with Gasteiger partial charge in [0, 0.05) is 23.3 Å². The maximum Gasteiger partial charge on any atom is 0.248 e. The molecule has 1 N–H and O–H groups in total. The first kappa shape index (κ1) is 18.5. The number of aliphatic hydroxyl groups is 1. The normalized spacial score (nSPS) is 15.3. The summed E-state index contributed by atoms with van der Waals surface area (Å²) in [4.78, 5) is 18.4. The molecule has 136 valence electrons. The van der Waals surface area contributed by atoms with Crippen molar-refractivity contribution in [3.63, 3.8) is 0 Å². The third kappa shape index (κ3) is 3.77. The van der Waals surface area contributed by atoms with Gasteiger partial charge in [-0.3, -0.25) is 9.79 Å². The first-order valence-corrected chi connectivity index (χ1v) is 8.45. The van der Waals surface area contributed by atoms with E-state index in [1.807, 2.05) is 0 Å². The zero-order valence-corrected chi connectivity index (χ0v) is 14.9. The van der Waals surface area contributed by atoms with E-state index >= 15 is 0 Å². The highest BCUT2D eigenvalue weighted by Gasteiger charge is 2.27. The van der Waals surface area contributed by atoms with E-state index < -0.39 is 11.9 Å². The van der Waals surface area contributed by atoms with Crippen molar-refractivity contribution in [1.29, 1.82) is 0 Å². The number of fused-ring (bicyclic) bond motifs is 1. The van der Waals surface area contributed by atoms with Crippen LogP contribution in [0.1, 0.15) is 11.1 Å². The third-order valence-corrected chi connectivity index (χ3v) is 4.29. The predicted octanol–water partition coefficient (Wildman–Crippen LogP) is 2.67. The lowest BCUT2D eigenvalue weighted by atomic mass is 9.99. The molecule has 1 aliphatic rings. The minimum Gasteiger partial charge on any atom is -0.389 e. The lowest BCUT2D eigenvalue weighted by molar-refractivity contribution is -0.117. The van der Waals surface area contributed by atoms with Crippen LogP contribution in [0.4, 0.5) is 10.1 Å². The van der Waals surface area contributed by atoms with Gasteiger partial charge in [0.15, 0.2) is 0 Å². The molecule has 2 aromatic rings. The fourth-order valence-electron chi connectivity index (χ4n) is 2.92. The van der Waals surface area contributed by atoms with Gasteiger partial charge in [-0.1, -0.05) is 23.7 Å². The monoisotopic (exact) mass is 376 g/mol. The van der Waals surface area contributed by atoms with Gasteiger partial charge >= 0.3 is 0 Å². The Bertz CT molecular complexity index is 856. The summed E-state index contributed by atoms with van der Waals surface area (Å²) in [7, 11) is 1.47. The number of hydrogen-bond acceptors (Lipinski definition) is 4. The topological polar surface area (TPSA) is 62.1 Å².